The molecule has 3 rings (SSSR count). The van der Waals surface area contributed by atoms with Gasteiger partial charge < -0.3 is 5.32 Å². The van der Waals surface area contributed by atoms with Crippen LogP contribution in [0, 0.1) is 19.8 Å². The van der Waals surface area contributed by atoms with Crippen molar-refractivity contribution in [1.29, 1.82) is 0 Å². The van der Waals surface area contributed by atoms with Crippen molar-refractivity contribution in [2.45, 2.75) is 38.5 Å². The first-order valence-electron chi connectivity index (χ1n) is 9.11. The molecule has 0 bridgehead atoms. The lowest BCUT2D eigenvalue weighted by atomic mass is 10.0. The summed E-state index contributed by atoms with van der Waals surface area (Å²) in [7, 11) is -1.87. The van der Waals surface area contributed by atoms with E-state index in [1.165, 1.54) is 10.4 Å². The minimum Gasteiger partial charge on any atom is -0.305 e. The zero-order chi connectivity index (χ0) is 19.8. The number of anilines is 1. The number of aromatic nitrogens is 2. The third-order valence-electron chi connectivity index (χ3n) is 5.20. The van der Waals surface area contributed by atoms with Crippen molar-refractivity contribution in [3.63, 3.8) is 0 Å². The second-order valence-corrected chi connectivity index (χ2v) is 9.24. The van der Waals surface area contributed by atoms with Gasteiger partial charge in [0.05, 0.1) is 4.90 Å². The number of benzene rings is 1. The molecular formula is C19H26N4O3S. The number of hydrogen-bond donors (Lipinski definition) is 1. The van der Waals surface area contributed by atoms with Crippen LogP contribution in [0.5, 0.6) is 0 Å². The van der Waals surface area contributed by atoms with E-state index in [4.69, 9.17) is 0 Å². The van der Waals surface area contributed by atoms with E-state index in [-0.39, 0.29) is 10.8 Å². The average Bonchev–Trinajstić information content (AvgIpc) is 3.02. The lowest BCUT2D eigenvalue weighted by Gasteiger charge is -2.30. The van der Waals surface area contributed by atoms with Crippen molar-refractivity contribution in [2.24, 2.45) is 13.0 Å². The van der Waals surface area contributed by atoms with Crippen LogP contribution < -0.4 is 5.32 Å². The number of nitrogens with zero attached hydrogens (tertiary/aromatic N) is 3. The van der Waals surface area contributed by atoms with Crippen LogP contribution in [-0.2, 0) is 17.1 Å². The van der Waals surface area contributed by atoms with Crippen LogP contribution in [0.2, 0.25) is 0 Å². The largest absolute Gasteiger partial charge is 0.305 e. The standard InChI is InChI=1S/C19H26N4O3S/c1-13-5-9-23(10-6-13)27(25,26)17-12-16(11-14(2)15(17)3)19(24)20-18-7-8-22(4)21-18/h7-8,11-13H,5-6,9-10H2,1-4H3,(H,20,21,24). The van der Waals surface area contributed by atoms with Crippen molar-refractivity contribution in [2.75, 3.05) is 18.4 Å². The highest BCUT2D eigenvalue weighted by Gasteiger charge is 2.30. The Labute approximate surface area is 160 Å². The fourth-order valence-corrected chi connectivity index (χ4v) is 5.05. The number of amides is 1. The molecule has 8 heteroatoms. The minimum absolute atomic E-state index is 0.211. The van der Waals surface area contributed by atoms with Crippen LogP contribution in [0.15, 0.2) is 29.3 Å². The SMILES string of the molecule is Cc1cc(C(=O)Nc2ccn(C)n2)cc(S(=O)(=O)N2CCC(C)CC2)c1C. The number of sulfonamides is 1. The van der Waals surface area contributed by atoms with Crippen LogP contribution in [-0.4, -0.2) is 41.5 Å². The van der Waals surface area contributed by atoms with Gasteiger partial charge in [0.15, 0.2) is 5.82 Å². The molecule has 146 valence electrons. The minimum atomic E-state index is -3.63. The molecule has 1 fully saturated rings. The molecule has 1 N–H and O–H groups in total. The van der Waals surface area contributed by atoms with Gasteiger partial charge in [0.2, 0.25) is 10.0 Å². The van der Waals surface area contributed by atoms with Crippen LogP contribution in [0.25, 0.3) is 0 Å². The van der Waals surface area contributed by atoms with E-state index in [1.807, 2.05) is 6.92 Å². The normalized spacial score (nSPS) is 16.4. The van der Waals surface area contributed by atoms with E-state index >= 15 is 0 Å². The van der Waals surface area contributed by atoms with Gasteiger partial charge in [-0.25, -0.2) is 8.42 Å². The van der Waals surface area contributed by atoms with Crippen molar-refractivity contribution in [3.8, 4) is 0 Å². The molecule has 27 heavy (non-hydrogen) atoms. The number of rotatable bonds is 4. The predicted molar refractivity (Wildman–Crippen MR) is 104 cm³/mol. The van der Waals surface area contributed by atoms with E-state index in [9.17, 15) is 13.2 Å². The predicted octanol–water partition coefficient (Wildman–Crippen LogP) is 2.71. The molecule has 1 aromatic heterocycles. The van der Waals surface area contributed by atoms with Crippen LogP contribution >= 0.6 is 0 Å². The van der Waals surface area contributed by atoms with Crippen molar-refractivity contribution in [1.82, 2.24) is 14.1 Å². The van der Waals surface area contributed by atoms with Crippen molar-refractivity contribution in [3.05, 3.63) is 41.1 Å². The Morgan fingerprint density at radius 3 is 2.48 bits per heavy atom. The molecule has 1 amide bonds. The summed E-state index contributed by atoms with van der Waals surface area (Å²) in [6.07, 6.45) is 3.44. The van der Waals surface area contributed by atoms with Gasteiger partial charge in [-0.15, -0.1) is 0 Å². The maximum atomic E-state index is 13.2. The van der Waals surface area contributed by atoms with Gasteiger partial charge in [-0.2, -0.15) is 9.40 Å². The second kappa shape index (κ2) is 7.44. The topological polar surface area (TPSA) is 84.3 Å². The maximum absolute atomic E-state index is 13.2. The summed E-state index contributed by atoms with van der Waals surface area (Å²) >= 11 is 0. The number of hydrogen-bond acceptors (Lipinski definition) is 4. The molecule has 1 aliphatic rings. The van der Waals surface area contributed by atoms with Gasteiger partial charge in [-0.05, 0) is 55.9 Å². The van der Waals surface area contributed by atoms with Gasteiger partial charge in [0.25, 0.3) is 5.91 Å². The summed E-state index contributed by atoms with van der Waals surface area (Å²) in [5, 5.41) is 6.84. The van der Waals surface area contributed by atoms with Crippen molar-refractivity contribution < 1.29 is 13.2 Å². The van der Waals surface area contributed by atoms with E-state index in [2.05, 4.69) is 17.3 Å². The zero-order valence-corrected chi connectivity index (χ0v) is 17.0. The lowest BCUT2D eigenvalue weighted by Crippen LogP contribution is -2.38. The molecule has 1 aliphatic heterocycles. The monoisotopic (exact) mass is 390 g/mol. The van der Waals surface area contributed by atoms with E-state index in [1.54, 1.807) is 37.0 Å². The third-order valence-corrected chi connectivity index (χ3v) is 7.22. The van der Waals surface area contributed by atoms with Gasteiger partial charge in [-0.1, -0.05) is 6.92 Å². The summed E-state index contributed by atoms with van der Waals surface area (Å²) < 4.78 is 29.5. The summed E-state index contributed by atoms with van der Waals surface area (Å²) in [4.78, 5) is 12.8. The number of nitrogens with one attached hydrogen (secondary N) is 1. The smallest absolute Gasteiger partial charge is 0.256 e. The molecule has 0 unspecified atom stereocenters. The molecule has 7 nitrogen and oxygen atoms in total. The summed E-state index contributed by atoms with van der Waals surface area (Å²) in [6, 6.07) is 4.88. The average molecular weight is 391 g/mol. The number of carbonyl (C=O) groups is 1. The molecule has 2 heterocycles. The maximum Gasteiger partial charge on any atom is 0.256 e. The fourth-order valence-electron chi connectivity index (χ4n) is 3.26. The Morgan fingerprint density at radius 1 is 1.22 bits per heavy atom. The Kier molecular flexibility index (Phi) is 5.39. The Morgan fingerprint density at radius 2 is 1.89 bits per heavy atom. The third kappa shape index (κ3) is 4.06. The number of aryl methyl sites for hydroxylation is 2. The van der Waals surface area contributed by atoms with Crippen LogP contribution in [0.3, 0.4) is 0 Å². The molecule has 0 saturated carbocycles. The Bertz CT molecular complexity index is 957. The Hall–Kier alpha value is -2.19. The van der Waals surface area contributed by atoms with E-state index < -0.39 is 10.0 Å². The van der Waals surface area contributed by atoms with E-state index in [0.29, 0.717) is 36.0 Å². The fraction of sp³-hybridized carbons (Fsp3) is 0.474. The highest BCUT2D eigenvalue weighted by molar-refractivity contribution is 7.89. The zero-order valence-electron chi connectivity index (χ0n) is 16.2. The number of carbonyl (C=O) groups excluding carboxylic acids is 1. The summed E-state index contributed by atoms with van der Waals surface area (Å²) in [5.74, 6) is 0.588. The highest BCUT2D eigenvalue weighted by atomic mass is 32.2. The highest BCUT2D eigenvalue weighted by Crippen LogP contribution is 2.28. The second-order valence-electron chi connectivity index (χ2n) is 7.33. The molecule has 0 spiro atoms. The van der Waals surface area contributed by atoms with Crippen LogP contribution in [0.4, 0.5) is 5.82 Å². The molecule has 1 aromatic carbocycles. The van der Waals surface area contributed by atoms with Gasteiger partial charge in [0.1, 0.15) is 0 Å². The Balaban J connectivity index is 1.93. The van der Waals surface area contributed by atoms with Crippen molar-refractivity contribution >= 4 is 21.7 Å². The summed E-state index contributed by atoms with van der Waals surface area (Å²) in [6.45, 7) is 6.79. The molecule has 0 atom stereocenters. The summed E-state index contributed by atoms with van der Waals surface area (Å²) in [5.41, 5.74) is 1.77. The molecule has 1 saturated heterocycles. The first-order chi connectivity index (χ1) is 12.7. The van der Waals surface area contributed by atoms with E-state index in [0.717, 1.165) is 18.4 Å². The lowest BCUT2D eigenvalue weighted by molar-refractivity contribution is 0.102. The van der Waals surface area contributed by atoms with Gasteiger partial charge >= 0.3 is 0 Å². The number of piperidine rings is 1. The first-order valence-corrected chi connectivity index (χ1v) is 10.5. The quantitative estimate of drug-likeness (QED) is 0.870. The van der Waals surface area contributed by atoms with Gasteiger partial charge in [0, 0.05) is 38.0 Å². The first kappa shape index (κ1) is 19.6. The molecule has 0 aliphatic carbocycles. The molecular weight excluding hydrogens is 364 g/mol. The molecule has 2 aromatic rings. The van der Waals surface area contributed by atoms with Crippen LogP contribution in [0.1, 0.15) is 41.3 Å². The van der Waals surface area contributed by atoms with Gasteiger partial charge in [-0.3, -0.25) is 9.48 Å². The molecule has 0 radical (unpaired) electrons.